The molecule has 102 valence electrons. The lowest BCUT2D eigenvalue weighted by molar-refractivity contribution is 0.882. The van der Waals surface area contributed by atoms with Gasteiger partial charge in [-0.3, -0.25) is 4.98 Å². The van der Waals surface area contributed by atoms with Gasteiger partial charge in [-0.1, -0.05) is 23.2 Å². The van der Waals surface area contributed by atoms with Crippen molar-refractivity contribution in [3.63, 3.8) is 0 Å². The van der Waals surface area contributed by atoms with E-state index in [-0.39, 0.29) is 6.04 Å². The van der Waals surface area contributed by atoms with Gasteiger partial charge in [-0.15, -0.1) is 0 Å². The van der Waals surface area contributed by atoms with E-state index >= 15 is 0 Å². The Balaban J connectivity index is 2.01. The van der Waals surface area contributed by atoms with E-state index < -0.39 is 0 Å². The summed E-state index contributed by atoms with van der Waals surface area (Å²) < 4.78 is 8.46. The van der Waals surface area contributed by atoms with E-state index in [0.717, 1.165) is 23.0 Å². The highest BCUT2D eigenvalue weighted by Gasteiger charge is 2.16. The second-order valence-electron chi connectivity index (χ2n) is 4.32. The van der Waals surface area contributed by atoms with E-state index in [2.05, 4.69) is 19.0 Å². The number of pyridine rings is 1. The normalized spacial score (nSPS) is 12.6. The fraction of sp³-hybridized carbons (Fsp3) is 0.154. The van der Waals surface area contributed by atoms with Crippen LogP contribution >= 0.6 is 34.9 Å². The van der Waals surface area contributed by atoms with Crippen molar-refractivity contribution < 1.29 is 0 Å². The number of nitrogens with zero attached hydrogens (tertiary/aromatic N) is 3. The Kier molecular flexibility index (Phi) is 3.74. The molecule has 3 aromatic rings. The number of rotatable bonds is 3. The second-order valence-corrected chi connectivity index (χ2v) is 5.67. The summed E-state index contributed by atoms with van der Waals surface area (Å²) in [7, 11) is 0. The molecule has 0 amide bonds. The largest absolute Gasteiger partial charge is 0.375 e. The minimum atomic E-state index is 0.0709. The Morgan fingerprint density at radius 3 is 2.55 bits per heavy atom. The van der Waals surface area contributed by atoms with E-state index in [9.17, 15) is 0 Å². The number of benzene rings is 1. The molecule has 1 N–H and O–H groups in total. The van der Waals surface area contributed by atoms with Crippen molar-refractivity contribution in [2.24, 2.45) is 0 Å². The van der Waals surface area contributed by atoms with Crippen LogP contribution in [0.4, 0.5) is 5.69 Å². The summed E-state index contributed by atoms with van der Waals surface area (Å²) in [5.41, 5.74) is 3.24. The highest BCUT2D eigenvalue weighted by Crippen LogP contribution is 2.36. The third-order valence-electron chi connectivity index (χ3n) is 3.01. The van der Waals surface area contributed by atoms with Crippen molar-refractivity contribution in [2.75, 3.05) is 5.32 Å². The van der Waals surface area contributed by atoms with Crippen LogP contribution in [0, 0.1) is 0 Å². The van der Waals surface area contributed by atoms with Crippen molar-refractivity contribution in [1.82, 2.24) is 13.7 Å². The van der Waals surface area contributed by atoms with Crippen molar-refractivity contribution in [3.8, 4) is 0 Å². The van der Waals surface area contributed by atoms with Crippen LogP contribution in [0.5, 0.6) is 0 Å². The minimum Gasteiger partial charge on any atom is -0.375 e. The number of hydrogen-bond acceptors (Lipinski definition) is 5. The van der Waals surface area contributed by atoms with Gasteiger partial charge in [0.15, 0.2) is 0 Å². The molecule has 1 unspecified atom stereocenters. The smallest absolute Gasteiger partial charge is 0.130 e. The van der Waals surface area contributed by atoms with Crippen molar-refractivity contribution in [2.45, 2.75) is 13.0 Å². The first-order valence-corrected chi connectivity index (χ1v) is 7.42. The molecular weight excluding hydrogens is 315 g/mol. The topological polar surface area (TPSA) is 50.7 Å². The highest BCUT2D eigenvalue weighted by molar-refractivity contribution is 7.00. The first-order valence-electron chi connectivity index (χ1n) is 5.93. The van der Waals surface area contributed by atoms with Crippen molar-refractivity contribution >= 4 is 51.7 Å². The lowest BCUT2D eigenvalue weighted by Crippen LogP contribution is -2.07. The Labute approximate surface area is 130 Å². The zero-order chi connectivity index (χ0) is 14.1. The van der Waals surface area contributed by atoms with Crippen molar-refractivity contribution in [3.05, 3.63) is 46.2 Å². The lowest BCUT2D eigenvalue weighted by atomic mass is 10.1. The van der Waals surface area contributed by atoms with Gasteiger partial charge in [0.05, 0.1) is 27.5 Å². The third-order valence-corrected chi connectivity index (χ3v) is 4.13. The van der Waals surface area contributed by atoms with Crippen molar-refractivity contribution in [1.29, 1.82) is 0 Å². The number of hydrogen-bond donors (Lipinski definition) is 1. The molecule has 0 saturated heterocycles. The van der Waals surface area contributed by atoms with E-state index in [0.29, 0.717) is 21.1 Å². The molecule has 0 bridgehead atoms. The second kappa shape index (κ2) is 5.52. The average Bonchev–Trinajstić information content (AvgIpc) is 2.94. The molecule has 3 rings (SSSR count). The molecule has 0 aliphatic carbocycles. The molecule has 7 heteroatoms. The molecule has 1 aromatic carbocycles. The molecule has 0 radical (unpaired) electrons. The van der Waals surface area contributed by atoms with Crippen LogP contribution in [-0.2, 0) is 0 Å². The summed E-state index contributed by atoms with van der Waals surface area (Å²) in [6, 6.07) is 5.67. The Bertz CT molecular complexity index is 745. The van der Waals surface area contributed by atoms with Crippen LogP contribution in [-0.4, -0.2) is 13.7 Å². The highest BCUT2D eigenvalue weighted by atomic mass is 35.5. The van der Waals surface area contributed by atoms with Gasteiger partial charge in [-0.2, -0.15) is 8.75 Å². The third kappa shape index (κ3) is 2.44. The molecule has 0 aliphatic heterocycles. The predicted octanol–water partition coefficient (Wildman–Crippen LogP) is 4.57. The van der Waals surface area contributed by atoms with Crippen LogP contribution in [0.15, 0.2) is 30.6 Å². The summed E-state index contributed by atoms with van der Waals surface area (Å²) in [6.07, 6.45) is 3.52. The van der Waals surface area contributed by atoms with E-state index in [1.165, 1.54) is 0 Å². The summed E-state index contributed by atoms with van der Waals surface area (Å²) in [5.74, 6) is 0. The monoisotopic (exact) mass is 324 g/mol. The molecule has 0 saturated carbocycles. The Morgan fingerprint density at radius 1 is 1.10 bits per heavy atom. The predicted molar refractivity (Wildman–Crippen MR) is 83.7 cm³/mol. The maximum absolute atomic E-state index is 6.27. The number of fused-ring (bicyclic) bond motifs is 1. The molecule has 0 fully saturated rings. The lowest BCUT2D eigenvalue weighted by Gasteiger charge is -2.17. The molecule has 0 aliphatic rings. The van der Waals surface area contributed by atoms with Gasteiger partial charge in [0, 0.05) is 18.4 Å². The van der Waals surface area contributed by atoms with E-state index in [1.807, 2.05) is 19.1 Å². The number of aromatic nitrogens is 3. The van der Waals surface area contributed by atoms with Crippen LogP contribution < -0.4 is 5.32 Å². The molecule has 1 atom stereocenters. The molecule has 4 nitrogen and oxygen atoms in total. The quantitative estimate of drug-likeness (QED) is 0.766. The molecule has 20 heavy (non-hydrogen) atoms. The van der Waals surface area contributed by atoms with Gasteiger partial charge in [-0.05, 0) is 30.7 Å². The summed E-state index contributed by atoms with van der Waals surface area (Å²) in [6.45, 7) is 2.05. The summed E-state index contributed by atoms with van der Waals surface area (Å²) >= 11 is 13.5. The van der Waals surface area contributed by atoms with Gasteiger partial charge in [0.2, 0.25) is 0 Å². The molecule has 2 heterocycles. The summed E-state index contributed by atoms with van der Waals surface area (Å²) in [4.78, 5) is 4.01. The SMILES string of the molecule is CC(Nc1c(Cl)cc(Cl)c2nsnc12)c1ccncc1. The maximum Gasteiger partial charge on any atom is 0.130 e. The number of nitrogens with one attached hydrogen (secondary N) is 1. The zero-order valence-electron chi connectivity index (χ0n) is 10.5. The maximum atomic E-state index is 6.27. The number of anilines is 1. The first-order chi connectivity index (χ1) is 9.66. The first kappa shape index (κ1) is 13.5. The van der Waals surface area contributed by atoms with Gasteiger partial charge in [0.25, 0.3) is 0 Å². The zero-order valence-corrected chi connectivity index (χ0v) is 12.8. The average molecular weight is 325 g/mol. The number of halogens is 2. The van der Waals surface area contributed by atoms with Gasteiger partial charge < -0.3 is 5.32 Å². The van der Waals surface area contributed by atoms with Crippen LogP contribution in [0.1, 0.15) is 18.5 Å². The fourth-order valence-electron chi connectivity index (χ4n) is 1.96. The molecular formula is C13H10Cl2N4S. The van der Waals surface area contributed by atoms with Gasteiger partial charge >= 0.3 is 0 Å². The van der Waals surface area contributed by atoms with Gasteiger partial charge in [-0.25, -0.2) is 0 Å². The van der Waals surface area contributed by atoms with E-state index in [1.54, 1.807) is 18.5 Å². The Hall–Kier alpha value is -1.43. The minimum absolute atomic E-state index is 0.0709. The summed E-state index contributed by atoms with van der Waals surface area (Å²) in [5, 5.41) is 4.42. The fourth-order valence-corrected chi connectivity index (χ4v) is 3.13. The van der Waals surface area contributed by atoms with Crippen LogP contribution in [0.3, 0.4) is 0 Å². The van der Waals surface area contributed by atoms with E-state index in [4.69, 9.17) is 23.2 Å². The van der Waals surface area contributed by atoms with Gasteiger partial charge in [0.1, 0.15) is 11.0 Å². The standard InChI is InChI=1S/C13H10Cl2N4S/c1-7(8-2-4-16-5-3-8)17-11-9(14)6-10(15)12-13(11)19-20-18-12/h2-7,17H,1H3. The Morgan fingerprint density at radius 2 is 1.80 bits per heavy atom. The van der Waals surface area contributed by atoms with Crippen LogP contribution in [0.2, 0.25) is 10.0 Å². The van der Waals surface area contributed by atoms with Crippen LogP contribution in [0.25, 0.3) is 11.0 Å². The molecule has 0 spiro atoms. The molecule has 2 aromatic heterocycles.